The molecule has 0 aliphatic carbocycles. The molecule has 88 valence electrons. The molecule has 5 nitrogen and oxygen atoms in total. The number of rotatable bonds is 5. The van der Waals surface area contributed by atoms with E-state index >= 15 is 0 Å². The summed E-state index contributed by atoms with van der Waals surface area (Å²) in [5, 5.41) is 11.5. The molecule has 0 spiro atoms. The summed E-state index contributed by atoms with van der Waals surface area (Å²) < 4.78 is 10.3. The van der Waals surface area contributed by atoms with Gasteiger partial charge in [-0.05, 0) is 12.1 Å². The Morgan fingerprint density at radius 3 is 2.81 bits per heavy atom. The lowest BCUT2D eigenvalue weighted by Gasteiger charge is -2.10. The van der Waals surface area contributed by atoms with Gasteiger partial charge in [-0.2, -0.15) is 0 Å². The Morgan fingerprint density at radius 2 is 2.25 bits per heavy atom. The highest BCUT2D eigenvalue weighted by atomic mass is 16.5. The molecule has 0 bridgehead atoms. The monoisotopic (exact) mass is 225 g/mol. The number of aliphatic hydroxyl groups excluding tert-OH is 1. The third-order valence-electron chi connectivity index (χ3n) is 2.08. The summed E-state index contributed by atoms with van der Waals surface area (Å²) in [5.74, 6) is 0.835. The van der Waals surface area contributed by atoms with E-state index in [9.17, 15) is 4.79 Å². The number of ether oxygens (including phenoxy) is 2. The van der Waals surface area contributed by atoms with Crippen molar-refractivity contribution in [1.29, 1.82) is 0 Å². The van der Waals surface area contributed by atoms with Gasteiger partial charge in [0.15, 0.2) is 6.61 Å². The number of hydrogen-bond donors (Lipinski definition) is 2. The van der Waals surface area contributed by atoms with Gasteiger partial charge in [-0.3, -0.25) is 4.79 Å². The Balaban J connectivity index is 2.78. The van der Waals surface area contributed by atoms with Crippen LogP contribution in [-0.4, -0.2) is 31.8 Å². The van der Waals surface area contributed by atoms with Crippen LogP contribution in [0.2, 0.25) is 0 Å². The Labute approximate surface area is 94.0 Å². The first kappa shape index (κ1) is 12.3. The van der Waals surface area contributed by atoms with Crippen LogP contribution >= 0.6 is 0 Å². The van der Waals surface area contributed by atoms with Gasteiger partial charge >= 0.3 is 0 Å². The van der Waals surface area contributed by atoms with Crippen LogP contribution in [-0.2, 0) is 11.4 Å². The van der Waals surface area contributed by atoms with Crippen molar-refractivity contribution in [3.8, 4) is 11.5 Å². The van der Waals surface area contributed by atoms with Gasteiger partial charge in [-0.25, -0.2) is 0 Å². The molecule has 0 aliphatic rings. The number of amides is 1. The molecule has 0 saturated heterocycles. The van der Waals surface area contributed by atoms with Crippen LogP contribution < -0.4 is 14.8 Å². The summed E-state index contributed by atoms with van der Waals surface area (Å²) in [4.78, 5) is 11.0. The van der Waals surface area contributed by atoms with Crippen molar-refractivity contribution >= 4 is 5.91 Å². The molecule has 0 heterocycles. The number of aliphatic hydroxyl groups is 1. The summed E-state index contributed by atoms with van der Waals surface area (Å²) >= 11 is 0. The molecule has 0 unspecified atom stereocenters. The number of hydrogen-bond acceptors (Lipinski definition) is 4. The van der Waals surface area contributed by atoms with Crippen LogP contribution in [0.3, 0.4) is 0 Å². The van der Waals surface area contributed by atoms with Crippen LogP contribution in [0.15, 0.2) is 18.2 Å². The average molecular weight is 225 g/mol. The molecule has 0 aliphatic heterocycles. The normalized spacial score (nSPS) is 9.69. The van der Waals surface area contributed by atoms with Gasteiger partial charge in [0.2, 0.25) is 0 Å². The fourth-order valence-corrected chi connectivity index (χ4v) is 1.14. The second-order valence-corrected chi connectivity index (χ2v) is 3.09. The highest BCUT2D eigenvalue weighted by Gasteiger charge is 2.07. The second-order valence-electron chi connectivity index (χ2n) is 3.09. The predicted molar refractivity (Wildman–Crippen MR) is 58.5 cm³/mol. The third kappa shape index (κ3) is 3.13. The minimum Gasteiger partial charge on any atom is -0.497 e. The molecule has 0 fully saturated rings. The molecule has 0 radical (unpaired) electrons. The molecule has 0 aromatic heterocycles. The van der Waals surface area contributed by atoms with Crippen LogP contribution in [0.5, 0.6) is 11.5 Å². The molecule has 0 atom stereocenters. The maximum Gasteiger partial charge on any atom is 0.257 e. The molecule has 1 rings (SSSR count). The fraction of sp³-hybridized carbons (Fsp3) is 0.364. The lowest BCUT2D eigenvalue weighted by Crippen LogP contribution is -2.25. The van der Waals surface area contributed by atoms with Crippen molar-refractivity contribution in [1.82, 2.24) is 5.32 Å². The lowest BCUT2D eigenvalue weighted by molar-refractivity contribution is -0.122. The van der Waals surface area contributed by atoms with Crippen LogP contribution in [0, 0.1) is 0 Å². The Hall–Kier alpha value is -1.75. The van der Waals surface area contributed by atoms with Crippen molar-refractivity contribution < 1.29 is 19.4 Å². The van der Waals surface area contributed by atoms with Crippen molar-refractivity contribution in [2.24, 2.45) is 0 Å². The Bertz CT molecular complexity index is 365. The number of methoxy groups -OCH3 is 1. The van der Waals surface area contributed by atoms with Gasteiger partial charge in [-0.1, -0.05) is 0 Å². The molecular weight excluding hydrogens is 210 g/mol. The van der Waals surface area contributed by atoms with E-state index in [-0.39, 0.29) is 19.1 Å². The number of nitrogens with one attached hydrogen (secondary N) is 1. The van der Waals surface area contributed by atoms with Crippen LogP contribution in [0.1, 0.15) is 5.56 Å². The van der Waals surface area contributed by atoms with Crippen molar-refractivity contribution in [3.63, 3.8) is 0 Å². The van der Waals surface area contributed by atoms with Crippen molar-refractivity contribution in [3.05, 3.63) is 23.8 Å². The predicted octanol–water partition coefficient (Wildman–Crippen LogP) is 0.312. The molecule has 2 N–H and O–H groups in total. The van der Waals surface area contributed by atoms with Gasteiger partial charge in [0, 0.05) is 18.7 Å². The fourth-order valence-electron chi connectivity index (χ4n) is 1.14. The summed E-state index contributed by atoms with van der Waals surface area (Å²) in [6.07, 6.45) is 0. The zero-order chi connectivity index (χ0) is 12.0. The number of benzene rings is 1. The first-order chi connectivity index (χ1) is 7.71. The maximum absolute atomic E-state index is 11.0. The van der Waals surface area contributed by atoms with Crippen molar-refractivity contribution in [2.45, 2.75) is 6.61 Å². The standard InChI is InChI=1S/C11H15NO4/c1-12-11(14)7-16-10-5-9(15-2)4-3-8(10)6-13/h3-5,13H,6-7H2,1-2H3,(H,12,14). The molecule has 5 heteroatoms. The summed E-state index contributed by atoms with van der Waals surface area (Å²) in [5.41, 5.74) is 0.615. The lowest BCUT2D eigenvalue weighted by atomic mass is 10.2. The molecule has 16 heavy (non-hydrogen) atoms. The highest BCUT2D eigenvalue weighted by molar-refractivity contribution is 5.77. The third-order valence-corrected chi connectivity index (χ3v) is 2.08. The van der Waals surface area contributed by atoms with Crippen molar-refractivity contribution in [2.75, 3.05) is 20.8 Å². The maximum atomic E-state index is 11.0. The first-order valence-electron chi connectivity index (χ1n) is 4.82. The van der Waals surface area contributed by atoms with E-state index in [4.69, 9.17) is 14.6 Å². The van der Waals surface area contributed by atoms with E-state index in [1.54, 1.807) is 18.2 Å². The number of carbonyl (C=O) groups is 1. The molecule has 1 aromatic rings. The summed E-state index contributed by atoms with van der Waals surface area (Å²) in [7, 11) is 3.07. The molecule has 1 aromatic carbocycles. The van der Waals surface area contributed by atoms with E-state index in [0.717, 1.165) is 0 Å². The largest absolute Gasteiger partial charge is 0.497 e. The zero-order valence-corrected chi connectivity index (χ0v) is 9.32. The average Bonchev–Trinajstić information content (AvgIpc) is 2.35. The van der Waals surface area contributed by atoms with E-state index in [1.807, 2.05) is 0 Å². The molecular formula is C11H15NO4. The van der Waals surface area contributed by atoms with Gasteiger partial charge in [0.1, 0.15) is 11.5 Å². The number of carbonyl (C=O) groups excluding carboxylic acids is 1. The van der Waals surface area contributed by atoms with Gasteiger partial charge < -0.3 is 19.9 Å². The highest BCUT2D eigenvalue weighted by Crippen LogP contribution is 2.24. The Morgan fingerprint density at radius 1 is 1.50 bits per heavy atom. The van der Waals surface area contributed by atoms with E-state index in [0.29, 0.717) is 17.1 Å². The summed E-state index contributed by atoms with van der Waals surface area (Å²) in [6, 6.07) is 5.05. The van der Waals surface area contributed by atoms with Gasteiger partial charge in [-0.15, -0.1) is 0 Å². The number of likely N-dealkylation sites (N-methyl/N-ethyl adjacent to an activating group) is 1. The smallest absolute Gasteiger partial charge is 0.257 e. The zero-order valence-electron chi connectivity index (χ0n) is 9.32. The van der Waals surface area contributed by atoms with Crippen LogP contribution in [0.4, 0.5) is 0 Å². The minimum absolute atomic E-state index is 0.0866. The summed E-state index contributed by atoms with van der Waals surface area (Å²) in [6.45, 7) is -0.232. The van der Waals surface area contributed by atoms with E-state index in [1.165, 1.54) is 14.2 Å². The van der Waals surface area contributed by atoms with Crippen LogP contribution in [0.25, 0.3) is 0 Å². The Kier molecular flexibility index (Phi) is 4.60. The SMILES string of the molecule is CNC(=O)COc1cc(OC)ccc1CO. The minimum atomic E-state index is -0.230. The molecule has 1 amide bonds. The second kappa shape index (κ2) is 5.97. The van der Waals surface area contributed by atoms with Gasteiger partial charge in [0.25, 0.3) is 5.91 Å². The first-order valence-corrected chi connectivity index (χ1v) is 4.82. The van der Waals surface area contributed by atoms with E-state index in [2.05, 4.69) is 5.32 Å². The van der Waals surface area contributed by atoms with E-state index < -0.39 is 0 Å². The molecule has 0 saturated carbocycles. The quantitative estimate of drug-likeness (QED) is 0.757. The topological polar surface area (TPSA) is 67.8 Å². The van der Waals surface area contributed by atoms with Gasteiger partial charge in [0.05, 0.1) is 13.7 Å².